The number of ether oxygens (including phenoxy) is 2. The maximum absolute atomic E-state index is 12.4. The van der Waals surface area contributed by atoms with Gasteiger partial charge in [0.05, 0.1) is 17.7 Å². The Balaban J connectivity index is 2.10. The van der Waals surface area contributed by atoms with Gasteiger partial charge in [0.2, 0.25) is 0 Å². The number of carbonyl (C=O) groups is 1. The molecule has 0 spiro atoms. The van der Waals surface area contributed by atoms with Gasteiger partial charge in [0.1, 0.15) is 29.1 Å². The van der Waals surface area contributed by atoms with Gasteiger partial charge in [-0.25, -0.2) is 4.79 Å². The molecule has 0 saturated heterocycles. The van der Waals surface area contributed by atoms with E-state index in [0.29, 0.717) is 5.56 Å². The molecule has 0 fully saturated rings. The van der Waals surface area contributed by atoms with Gasteiger partial charge in [-0.3, -0.25) is 4.79 Å². The zero-order chi connectivity index (χ0) is 21.8. The number of nitrogens with one attached hydrogen (secondary N) is 1. The van der Waals surface area contributed by atoms with Crippen LogP contribution in [0.3, 0.4) is 0 Å². The van der Waals surface area contributed by atoms with Crippen molar-refractivity contribution < 1.29 is 14.3 Å². The molecule has 30 heavy (non-hydrogen) atoms. The zero-order valence-corrected chi connectivity index (χ0v) is 16.3. The van der Waals surface area contributed by atoms with Crippen LogP contribution >= 0.6 is 11.6 Å². The van der Waals surface area contributed by atoms with Crippen molar-refractivity contribution in [3.63, 3.8) is 0 Å². The number of methoxy groups -OCH3 is 1. The van der Waals surface area contributed by atoms with Gasteiger partial charge in [-0.15, -0.1) is 0 Å². The number of esters is 1. The summed E-state index contributed by atoms with van der Waals surface area (Å²) in [6, 6.07) is 14.4. The molecule has 0 radical (unpaired) electrons. The highest BCUT2D eigenvalue weighted by Crippen LogP contribution is 2.36. The number of nitriles is 2. The molecule has 8 nitrogen and oxygen atoms in total. The summed E-state index contributed by atoms with van der Waals surface area (Å²) in [5, 5.41) is 19.1. The molecule has 0 unspecified atom stereocenters. The van der Waals surface area contributed by atoms with E-state index in [9.17, 15) is 20.1 Å². The van der Waals surface area contributed by atoms with E-state index in [1.807, 2.05) is 6.07 Å². The standard InChI is InChI=1S/C21H13ClN4O4/c1-29-17-8-11(18-13(9-23)19(25)26-20(27)14(18)10-24)6-7-16(17)30-21(28)12-4-2-3-5-15(12)22/h2-8H,1H3,(H3,25,26,27). The first-order valence-corrected chi connectivity index (χ1v) is 8.80. The highest BCUT2D eigenvalue weighted by Gasteiger charge is 2.21. The maximum Gasteiger partial charge on any atom is 0.345 e. The Morgan fingerprint density at radius 2 is 1.80 bits per heavy atom. The molecule has 0 amide bonds. The molecule has 3 aromatic rings. The highest BCUT2D eigenvalue weighted by molar-refractivity contribution is 6.33. The van der Waals surface area contributed by atoms with E-state index < -0.39 is 11.5 Å². The van der Waals surface area contributed by atoms with Gasteiger partial charge in [-0.2, -0.15) is 10.5 Å². The van der Waals surface area contributed by atoms with Crippen molar-refractivity contribution in [3.8, 4) is 34.8 Å². The molecule has 3 rings (SSSR count). The molecule has 9 heteroatoms. The molecule has 3 N–H and O–H groups in total. The van der Waals surface area contributed by atoms with Crippen molar-refractivity contribution in [3.05, 3.63) is 74.5 Å². The lowest BCUT2D eigenvalue weighted by atomic mass is 9.96. The summed E-state index contributed by atoms with van der Waals surface area (Å²) in [6.07, 6.45) is 0. The third-order valence-corrected chi connectivity index (χ3v) is 4.55. The zero-order valence-electron chi connectivity index (χ0n) is 15.5. The number of halogens is 1. The van der Waals surface area contributed by atoms with E-state index in [1.165, 1.54) is 31.4 Å². The molecule has 148 valence electrons. The SMILES string of the molecule is COc1cc(-c2c(C#N)c(N)[nH]c(=O)c2C#N)ccc1OC(=O)c1ccccc1Cl. The molecule has 0 saturated carbocycles. The number of aromatic nitrogens is 1. The Kier molecular flexibility index (Phi) is 5.73. The average molecular weight is 421 g/mol. The largest absolute Gasteiger partial charge is 0.493 e. The summed E-state index contributed by atoms with van der Waals surface area (Å²) in [5.74, 6) is -0.632. The van der Waals surface area contributed by atoms with Crippen LogP contribution in [-0.2, 0) is 0 Å². The summed E-state index contributed by atoms with van der Waals surface area (Å²) in [5.41, 5.74) is 5.22. The minimum atomic E-state index is -0.725. The fraction of sp³-hybridized carbons (Fsp3) is 0.0476. The first-order valence-electron chi connectivity index (χ1n) is 8.42. The number of hydrogen-bond donors (Lipinski definition) is 2. The molecule has 0 aliphatic rings. The predicted octanol–water partition coefficient (Wildman–Crippen LogP) is 3.25. The van der Waals surface area contributed by atoms with Gasteiger partial charge in [0, 0.05) is 5.56 Å². The molecule has 0 bridgehead atoms. The van der Waals surface area contributed by atoms with Gasteiger partial charge in [-0.1, -0.05) is 29.8 Å². The summed E-state index contributed by atoms with van der Waals surface area (Å²) in [6.45, 7) is 0. The van der Waals surface area contributed by atoms with Gasteiger partial charge in [-0.05, 0) is 29.8 Å². The number of H-pyrrole nitrogens is 1. The number of aromatic amines is 1. The quantitative estimate of drug-likeness (QED) is 0.487. The number of anilines is 1. The van der Waals surface area contributed by atoms with Crippen molar-refractivity contribution in [1.29, 1.82) is 10.5 Å². The summed E-state index contributed by atoms with van der Waals surface area (Å²) in [4.78, 5) is 26.8. The minimum absolute atomic E-state index is 0.0588. The van der Waals surface area contributed by atoms with E-state index in [1.54, 1.807) is 24.3 Å². The lowest BCUT2D eigenvalue weighted by Crippen LogP contribution is -2.16. The third-order valence-electron chi connectivity index (χ3n) is 4.22. The second kappa shape index (κ2) is 8.39. The third kappa shape index (κ3) is 3.68. The molecule has 2 aromatic carbocycles. The Bertz CT molecular complexity index is 1300. The van der Waals surface area contributed by atoms with Crippen molar-refractivity contribution in [1.82, 2.24) is 4.98 Å². The maximum atomic E-state index is 12.4. The normalized spacial score (nSPS) is 10.0. The van der Waals surface area contributed by atoms with Crippen molar-refractivity contribution in [2.75, 3.05) is 12.8 Å². The van der Waals surface area contributed by atoms with E-state index >= 15 is 0 Å². The number of nitrogens with zero attached hydrogens (tertiary/aromatic N) is 2. The molecule has 0 aliphatic carbocycles. The van der Waals surface area contributed by atoms with E-state index in [2.05, 4.69) is 4.98 Å². The first-order chi connectivity index (χ1) is 14.4. The Hall–Kier alpha value is -4.27. The molecule has 1 heterocycles. The van der Waals surface area contributed by atoms with Gasteiger partial charge >= 0.3 is 5.97 Å². The van der Waals surface area contributed by atoms with Crippen LogP contribution in [0.25, 0.3) is 11.1 Å². The Labute approximate surface area is 175 Å². The molecule has 0 atom stereocenters. The van der Waals surface area contributed by atoms with Crippen LogP contribution in [0.1, 0.15) is 21.5 Å². The number of nitrogen functional groups attached to an aromatic ring is 1. The second-order valence-corrected chi connectivity index (χ2v) is 6.36. The Morgan fingerprint density at radius 1 is 1.10 bits per heavy atom. The van der Waals surface area contributed by atoms with Gasteiger partial charge in [0.15, 0.2) is 11.5 Å². The Morgan fingerprint density at radius 3 is 2.43 bits per heavy atom. The number of hydrogen-bond acceptors (Lipinski definition) is 7. The lowest BCUT2D eigenvalue weighted by molar-refractivity contribution is 0.0730. The fourth-order valence-corrected chi connectivity index (χ4v) is 3.03. The van der Waals surface area contributed by atoms with Gasteiger partial charge < -0.3 is 20.2 Å². The molecule has 1 aromatic heterocycles. The van der Waals surface area contributed by atoms with E-state index in [0.717, 1.165) is 0 Å². The van der Waals surface area contributed by atoms with Crippen LogP contribution in [0.4, 0.5) is 5.82 Å². The smallest absolute Gasteiger partial charge is 0.345 e. The van der Waals surface area contributed by atoms with Crippen LogP contribution in [0.15, 0.2) is 47.3 Å². The van der Waals surface area contributed by atoms with Crippen LogP contribution < -0.4 is 20.8 Å². The summed E-state index contributed by atoms with van der Waals surface area (Å²) >= 11 is 6.02. The van der Waals surface area contributed by atoms with Crippen LogP contribution in [0.2, 0.25) is 5.02 Å². The van der Waals surface area contributed by atoms with E-state index in [4.69, 9.17) is 26.8 Å². The van der Waals surface area contributed by atoms with Crippen LogP contribution in [-0.4, -0.2) is 18.1 Å². The fourth-order valence-electron chi connectivity index (χ4n) is 2.82. The molecule has 0 aliphatic heterocycles. The monoisotopic (exact) mass is 420 g/mol. The van der Waals surface area contributed by atoms with Crippen molar-refractivity contribution in [2.45, 2.75) is 0 Å². The van der Waals surface area contributed by atoms with E-state index in [-0.39, 0.29) is 44.6 Å². The molecular formula is C21H13ClN4O4. The van der Waals surface area contributed by atoms with Crippen LogP contribution in [0, 0.1) is 22.7 Å². The average Bonchev–Trinajstić information content (AvgIpc) is 2.73. The topological polar surface area (TPSA) is 142 Å². The number of pyridine rings is 1. The minimum Gasteiger partial charge on any atom is -0.493 e. The first kappa shape index (κ1) is 20.5. The number of rotatable bonds is 4. The predicted molar refractivity (Wildman–Crippen MR) is 109 cm³/mol. The molecular weight excluding hydrogens is 408 g/mol. The number of carbonyl (C=O) groups excluding carboxylic acids is 1. The van der Waals surface area contributed by atoms with Gasteiger partial charge in [0.25, 0.3) is 5.56 Å². The number of benzene rings is 2. The second-order valence-electron chi connectivity index (χ2n) is 5.95. The lowest BCUT2D eigenvalue weighted by Gasteiger charge is -2.13. The van der Waals surface area contributed by atoms with Crippen molar-refractivity contribution in [2.24, 2.45) is 0 Å². The summed E-state index contributed by atoms with van der Waals surface area (Å²) in [7, 11) is 1.36. The van der Waals surface area contributed by atoms with Crippen molar-refractivity contribution >= 4 is 23.4 Å². The number of nitrogens with two attached hydrogens (primary N) is 1. The van der Waals surface area contributed by atoms with Crippen LogP contribution in [0.5, 0.6) is 11.5 Å². The highest BCUT2D eigenvalue weighted by atomic mass is 35.5. The summed E-state index contributed by atoms with van der Waals surface area (Å²) < 4.78 is 10.7.